The Morgan fingerprint density at radius 3 is 1.12 bits per heavy atom. The highest BCUT2D eigenvalue weighted by atomic mass is 19.4. The van der Waals surface area contributed by atoms with Crippen LogP contribution in [0.15, 0.2) is 0 Å². The van der Waals surface area contributed by atoms with Gasteiger partial charge in [-0.05, 0) is 0 Å². The van der Waals surface area contributed by atoms with Gasteiger partial charge in [-0.2, -0.15) is 13.2 Å². The molecule has 0 bridgehead atoms. The molecule has 0 aliphatic heterocycles. The summed E-state index contributed by atoms with van der Waals surface area (Å²) in [5.74, 6) is -6.35. The average Bonchev–Trinajstić information content (AvgIpc) is 1.97. The van der Waals surface area contributed by atoms with E-state index in [2.05, 4.69) is 0 Å². The third kappa shape index (κ3) is 2.02. The summed E-state index contributed by atoms with van der Waals surface area (Å²) in [4.78, 5) is 0. The number of hydrogen-bond acceptors (Lipinski definition) is 0. The third-order valence-electron chi connectivity index (χ3n) is 2.61. The first-order valence-electron chi connectivity index (χ1n) is 4.83. The minimum Gasteiger partial charge on any atom is -0.227 e. The lowest BCUT2D eigenvalue weighted by molar-refractivity contribution is -0.339. The first-order chi connectivity index (χ1) is 6.69. The normalized spacial score (nSPS) is 18.8. The van der Waals surface area contributed by atoms with Gasteiger partial charge in [0.25, 0.3) is 11.6 Å². The maximum Gasteiger partial charge on any atom is 0.428 e. The quantitative estimate of drug-likeness (QED) is 0.628. The van der Waals surface area contributed by atoms with E-state index in [0.717, 1.165) is 34.6 Å². The van der Waals surface area contributed by atoms with Crippen LogP contribution in [0.1, 0.15) is 34.6 Å². The van der Waals surface area contributed by atoms with Crippen molar-refractivity contribution in [2.75, 3.05) is 0 Å². The zero-order valence-corrected chi connectivity index (χ0v) is 9.85. The summed E-state index contributed by atoms with van der Waals surface area (Å²) < 4.78 is 78.7. The number of rotatable bonds is 2. The van der Waals surface area contributed by atoms with Gasteiger partial charge in [-0.3, -0.25) is 0 Å². The maximum absolute atomic E-state index is 13.8. The molecule has 1 atom stereocenters. The number of hydrogen-bond donors (Lipinski definition) is 0. The molecule has 1 unspecified atom stereocenters. The van der Waals surface area contributed by atoms with E-state index in [1.165, 1.54) is 0 Å². The van der Waals surface area contributed by atoms with Crippen LogP contribution in [0, 0.1) is 11.3 Å². The topological polar surface area (TPSA) is 0 Å². The molecule has 0 spiro atoms. The Labute approximate surface area is 91.0 Å². The zero-order valence-electron chi connectivity index (χ0n) is 9.85. The van der Waals surface area contributed by atoms with Gasteiger partial charge < -0.3 is 0 Å². The predicted molar refractivity (Wildman–Crippen MR) is 49.1 cm³/mol. The van der Waals surface area contributed by atoms with Crippen molar-refractivity contribution in [1.29, 1.82) is 0 Å². The van der Waals surface area contributed by atoms with E-state index in [-0.39, 0.29) is 0 Å². The fourth-order valence-electron chi connectivity index (χ4n) is 1.41. The van der Waals surface area contributed by atoms with Crippen molar-refractivity contribution in [3.8, 4) is 0 Å². The largest absolute Gasteiger partial charge is 0.428 e. The van der Waals surface area contributed by atoms with Crippen molar-refractivity contribution >= 4 is 0 Å². The molecule has 0 aromatic heterocycles. The van der Waals surface area contributed by atoms with Crippen LogP contribution in [-0.2, 0) is 0 Å². The Morgan fingerprint density at radius 1 is 0.750 bits per heavy atom. The monoisotopic (exact) mass is 250 g/mol. The summed E-state index contributed by atoms with van der Waals surface area (Å²) in [6.07, 6.45) is -5.60. The summed E-state index contributed by atoms with van der Waals surface area (Å²) in [6, 6.07) is 0. The Balaban J connectivity index is 5.75. The molecule has 0 N–H and O–H groups in total. The van der Waals surface area contributed by atoms with Crippen molar-refractivity contribution in [2.45, 2.75) is 52.4 Å². The summed E-state index contributed by atoms with van der Waals surface area (Å²) in [5, 5.41) is 0. The average molecular weight is 250 g/mol. The van der Waals surface area contributed by atoms with Gasteiger partial charge in [0.1, 0.15) is 0 Å². The van der Waals surface area contributed by atoms with Crippen molar-refractivity contribution in [3.05, 3.63) is 0 Å². The van der Waals surface area contributed by atoms with Gasteiger partial charge in [-0.25, -0.2) is 13.2 Å². The lowest BCUT2D eigenvalue weighted by atomic mass is 9.73. The molecule has 0 aromatic carbocycles. The lowest BCUT2D eigenvalue weighted by Crippen LogP contribution is -2.63. The van der Waals surface area contributed by atoms with Crippen molar-refractivity contribution in [3.63, 3.8) is 0 Å². The van der Waals surface area contributed by atoms with E-state index < -0.39 is 29.1 Å². The van der Waals surface area contributed by atoms with Crippen LogP contribution in [-0.4, -0.2) is 17.8 Å². The van der Waals surface area contributed by atoms with Crippen LogP contribution >= 0.6 is 0 Å². The molecule has 0 saturated carbocycles. The van der Waals surface area contributed by atoms with Gasteiger partial charge in [0.15, 0.2) is 0 Å². The molecule has 0 rings (SSSR count). The van der Waals surface area contributed by atoms with Gasteiger partial charge in [-0.15, -0.1) is 0 Å². The molecule has 0 aliphatic rings. The van der Waals surface area contributed by atoms with E-state index in [1.54, 1.807) is 0 Å². The highest BCUT2D eigenvalue weighted by molar-refractivity contribution is 5.06. The molecule has 0 aromatic rings. The standard InChI is InChI=1S/C10H16F6/c1-6(2)8(11,10(14,15)16)9(12,13)7(3,4)5/h6H,1-5H3. The van der Waals surface area contributed by atoms with E-state index in [0.29, 0.717) is 0 Å². The first kappa shape index (κ1) is 15.6. The molecule has 6 heteroatoms. The molecule has 0 aliphatic carbocycles. The first-order valence-corrected chi connectivity index (χ1v) is 4.83. The molecule has 0 heterocycles. The molecular formula is C10H16F6. The Kier molecular flexibility index (Phi) is 3.71. The van der Waals surface area contributed by atoms with Gasteiger partial charge >= 0.3 is 6.18 Å². The molecule has 0 radical (unpaired) electrons. The van der Waals surface area contributed by atoms with E-state index >= 15 is 0 Å². The highest BCUT2D eigenvalue weighted by Gasteiger charge is 2.75. The molecule has 0 amide bonds. The Morgan fingerprint density at radius 2 is 1.06 bits per heavy atom. The van der Waals surface area contributed by atoms with Crippen LogP contribution in [0.25, 0.3) is 0 Å². The summed E-state index contributed by atoms with van der Waals surface area (Å²) >= 11 is 0. The minimum atomic E-state index is -5.60. The molecule has 0 nitrogen and oxygen atoms in total. The van der Waals surface area contributed by atoms with Crippen LogP contribution in [0.3, 0.4) is 0 Å². The van der Waals surface area contributed by atoms with Crippen LogP contribution < -0.4 is 0 Å². The fraction of sp³-hybridized carbons (Fsp3) is 1.00. The molecular weight excluding hydrogens is 234 g/mol. The van der Waals surface area contributed by atoms with E-state index in [4.69, 9.17) is 0 Å². The van der Waals surface area contributed by atoms with E-state index in [9.17, 15) is 26.3 Å². The van der Waals surface area contributed by atoms with Gasteiger partial charge in [0.2, 0.25) is 0 Å². The Bertz CT molecular complexity index is 247. The second kappa shape index (κ2) is 3.81. The van der Waals surface area contributed by atoms with Crippen LogP contribution in [0.2, 0.25) is 0 Å². The van der Waals surface area contributed by atoms with Crippen molar-refractivity contribution in [1.82, 2.24) is 0 Å². The summed E-state index contributed by atoms with van der Waals surface area (Å²) in [7, 11) is 0. The van der Waals surface area contributed by atoms with Gasteiger partial charge in [0, 0.05) is 11.3 Å². The second-order valence-electron chi connectivity index (χ2n) is 5.19. The molecule has 0 saturated heterocycles. The van der Waals surface area contributed by atoms with Crippen LogP contribution in [0.5, 0.6) is 0 Å². The number of alkyl halides is 6. The second-order valence-corrected chi connectivity index (χ2v) is 5.19. The molecule has 0 fully saturated rings. The lowest BCUT2D eigenvalue weighted by Gasteiger charge is -2.44. The minimum absolute atomic E-state index is 0.799. The molecule has 16 heavy (non-hydrogen) atoms. The maximum atomic E-state index is 13.8. The van der Waals surface area contributed by atoms with Crippen molar-refractivity contribution < 1.29 is 26.3 Å². The predicted octanol–water partition coefficient (Wildman–Crippen LogP) is 4.59. The highest BCUT2D eigenvalue weighted by Crippen LogP contribution is 2.56. The van der Waals surface area contributed by atoms with Gasteiger partial charge in [0.05, 0.1) is 0 Å². The SMILES string of the molecule is CC(C)C(F)(C(F)(F)F)C(F)(F)C(C)(C)C. The summed E-state index contributed by atoms with van der Waals surface area (Å²) in [6.45, 7) is 4.25. The van der Waals surface area contributed by atoms with E-state index in [1.807, 2.05) is 0 Å². The third-order valence-corrected chi connectivity index (χ3v) is 2.61. The fourth-order valence-corrected chi connectivity index (χ4v) is 1.41. The zero-order chi connectivity index (χ0) is 13.6. The molecule has 98 valence electrons. The number of halogens is 6. The smallest absolute Gasteiger partial charge is 0.227 e. The van der Waals surface area contributed by atoms with Gasteiger partial charge in [-0.1, -0.05) is 34.6 Å². The van der Waals surface area contributed by atoms with Crippen LogP contribution in [0.4, 0.5) is 26.3 Å². The van der Waals surface area contributed by atoms with Crippen molar-refractivity contribution in [2.24, 2.45) is 11.3 Å². The summed E-state index contributed by atoms with van der Waals surface area (Å²) in [5.41, 5.74) is -6.63. The Hall–Kier alpha value is -0.420.